The van der Waals surface area contributed by atoms with E-state index < -0.39 is 26.5 Å². The van der Waals surface area contributed by atoms with Crippen molar-refractivity contribution in [2.45, 2.75) is 56.8 Å². The molecule has 2 amide bonds. The summed E-state index contributed by atoms with van der Waals surface area (Å²) in [5.74, 6) is -0.590. The van der Waals surface area contributed by atoms with Crippen LogP contribution in [0.5, 0.6) is 0 Å². The molecular weight excluding hydrogens is 480 g/mol. The lowest BCUT2D eigenvalue weighted by Crippen LogP contribution is -2.68. The Labute approximate surface area is 217 Å². The lowest BCUT2D eigenvalue weighted by Gasteiger charge is -2.45. The van der Waals surface area contributed by atoms with Crippen molar-refractivity contribution in [3.63, 3.8) is 0 Å². The molecule has 0 bridgehead atoms. The summed E-state index contributed by atoms with van der Waals surface area (Å²) in [5, 5.41) is 6.09. The van der Waals surface area contributed by atoms with Gasteiger partial charge in [-0.15, -0.1) is 0 Å². The van der Waals surface area contributed by atoms with Crippen LogP contribution in [0.1, 0.15) is 54.3 Å². The molecule has 1 fully saturated rings. The van der Waals surface area contributed by atoms with E-state index in [1.807, 2.05) is 36.4 Å². The van der Waals surface area contributed by atoms with Gasteiger partial charge in [0.05, 0.1) is 23.3 Å². The zero-order valence-corrected chi connectivity index (χ0v) is 22.2. The fourth-order valence-corrected chi connectivity index (χ4v) is 10.7. The summed E-state index contributed by atoms with van der Waals surface area (Å²) in [6.45, 7) is 6.58. The van der Waals surface area contributed by atoms with Gasteiger partial charge in [-0.05, 0) is 45.9 Å². The Morgan fingerprint density at radius 1 is 0.838 bits per heavy atom. The lowest BCUT2D eigenvalue weighted by atomic mass is 10.1. The first-order chi connectivity index (χ1) is 17.8. The van der Waals surface area contributed by atoms with Crippen molar-refractivity contribution in [2.75, 3.05) is 0 Å². The number of benzene rings is 3. The van der Waals surface area contributed by atoms with Crippen molar-refractivity contribution in [1.29, 1.82) is 0 Å². The van der Waals surface area contributed by atoms with Crippen LogP contribution in [-0.4, -0.2) is 43.2 Å². The van der Waals surface area contributed by atoms with Crippen molar-refractivity contribution in [3.8, 4) is 0 Å². The maximum Gasteiger partial charge on any atom is 0.261 e. The number of imide groups is 1. The molecule has 1 aliphatic carbocycles. The molecule has 5 rings (SSSR count). The number of rotatable bonds is 6. The van der Waals surface area contributed by atoms with Crippen LogP contribution < -0.4 is 10.4 Å². The zero-order valence-electron chi connectivity index (χ0n) is 21.2. The third-order valence-electron chi connectivity index (χ3n) is 7.58. The molecule has 0 unspecified atom stereocenters. The fraction of sp³-hybridized carbons (Fsp3) is 0.310. The van der Waals surface area contributed by atoms with Crippen molar-refractivity contribution < 1.29 is 14.0 Å². The first kappa shape index (κ1) is 25.0. The molecule has 3 aromatic carbocycles. The number of nitrogens with zero attached hydrogens (tertiary/aromatic N) is 4. The molecule has 0 aromatic heterocycles. The number of carbonyl (C=O) groups is 2. The van der Waals surface area contributed by atoms with Gasteiger partial charge < -0.3 is 4.43 Å². The largest absolute Gasteiger partial charge is 0.404 e. The minimum atomic E-state index is -2.92. The van der Waals surface area contributed by atoms with Gasteiger partial charge in [0.25, 0.3) is 20.1 Å². The van der Waals surface area contributed by atoms with Crippen LogP contribution in [0, 0.1) is 0 Å². The predicted molar refractivity (Wildman–Crippen MR) is 145 cm³/mol. The van der Waals surface area contributed by atoms with E-state index >= 15 is 0 Å². The summed E-state index contributed by atoms with van der Waals surface area (Å²) in [4.78, 5) is 30.9. The Morgan fingerprint density at radius 3 is 1.78 bits per heavy atom. The van der Waals surface area contributed by atoms with Crippen LogP contribution in [0.2, 0.25) is 5.04 Å². The fourth-order valence-electron chi connectivity index (χ4n) is 5.94. The Morgan fingerprint density at radius 2 is 1.32 bits per heavy atom. The summed E-state index contributed by atoms with van der Waals surface area (Å²) >= 11 is 0. The Kier molecular flexibility index (Phi) is 6.50. The smallest absolute Gasteiger partial charge is 0.261 e. The molecule has 0 saturated heterocycles. The molecule has 3 atom stereocenters. The molecule has 2 aliphatic rings. The van der Waals surface area contributed by atoms with E-state index in [-0.39, 0.29) is 16.9 Å². The summed E-state index contributed by atoms with van der Waals surface area (Å²) in [6.07, 6.45) is 0.342. The predicted octanol–water partition coefficient (Wildman–Crippen LogP) is 5.07. The second-order valence-corrected chi connectivity index (χ2v) is 15.0. The number of azide groups is 1. The third-order valence-corrected chi connectivity index (χ3v) is 12.6. The monoisotopic (exact) mass is 510 g/mol. The Hall–Kier alpha value is -3.71. The number of amides is 2. The van der Waals surface area contributed by atoms with Crippen LogP contribution in [0.15, 0.2) is 90.0 Å². The van der Waals surface area contributed by atoms with E-state index in [9.17, 15) is 15.1 Å². The summed E-state index contributed by atoms with van der Waals surface area (Å²) in [6, 6.07) is 26.5. The minimum Gasteiger partial charge on any atom is -0.404 e. The average Bonchev–Trinajstić information content (AvgIpc) is 3.40. The van der Waals surface area contributed by atoms with E-state index in [1.54, 1.807) is 24.3 Å². The van der Waals surface area contributed by atoms with Gasteiger partial charge in [-0.3, -0.25) is 14.5 Å². The number of fused-ring (bicyclic) bond motifs is 1. The second kappa shape index (κ2) is 9.63. The van der Waals surface area contributed by atoms with Gasteiger partial charge in [0.15, 0.2) is 0 Å². The van der Waals surface area contributed by atoms with E-state index in [1.165, 1.54) is 4.90 Å². The standard InChI is InChI=1S/C29H30N4O3Si/c1-29(2,3)37(21-12-6-4-7-13-21,22-14-8-5-9-15-22)36-26-19-20(18-25(26)31-32-30)33-27(34)23-16-10-11-17-24(23)28(33)35/h4-17,20,25-26H,18-19H2,1-3H3/t20-,25+,26+/m1/s1. The lowest BCUT2D eigenvalue weighted by molar-refractivity contribution is 0.0577. The normalized spacial score (nSPS) is 21.6. The van der Waals surface area contributed by atoms with Crippen LogP contribution in [0.25, 0.3) is 10.4 Å². The van der Waals surface area contributed by atoms with Gasteiger partial charge in [-0.1, -0.05) is 98.7 Å². The third kappa shape index (κ3) is 4.17. The molecule has 0 spiro atoms. The highest BCUT2D eigenvalue weighted by molar-refractivity contribution is 6.99. The minimum absolute atomic E-state index is 0.260. The number of carbonyl (C=O) groups excluding carboxylic acids is 2. The van der Waals surface area contributed by atoms with Gasteiger partial charge in [0, 0.05) is 11.0 Å². The first-order valence-corrected chi connectivity index (χ1v) is 14.5. The molecule has 0 radical (unpaired) electrons. The highest BCUT2D eigenvalue weighted by Crippen LogP contribution is 2.42. The zero-order chi connectivity index (χ0) is 26.2. The van der Waals surface area contributed by atoms with Gasteiger partial charge in [-0.2, -0.15) is 0 Å². The van der Waals surface area contributed by atoms with E-state index in [0.29, 0.717) is 24.0 Å². The van der Waals surface area contributed by atoms with E-state index in [2.05, 4.69) is 55.1 Å². The molecule has 1 aliphatic heterocycles. The maximum absolute atomic E-state index is 13.2. The molecule has 188 valence electrons. The molecule has 3 aromatic rings. The molecule has 7 nitrogen and oxygen atoms in total. The van der Waals surface area contributed by atoms with Crippen LogP contribution >= 0.6 is 0 Å². The molecule has 1 heterocycles. The quantitative estimate of drug-likeness (QED) is 0.152. The first-order valence-electron chi connectivity index (χ1n) is 12.6. The van der Waals surface area contributed by atoms with Gasteiger partial charge in [0.1, 0.15) is 0 Å². The molecular formula is C29H30N4O3Si. The van der Waals surface area contributed by atoms with Crippen LogP contribution in [0.3, 0.4) is 0 Å². The van der Waals surface area contributed by atoms with Crippen molar-refractivity contribution in [3.05, 3.63) is 106 Å². The molecule has 0 N–H and O–H groups in total. The number of hydrogen-bond donors (Lipinski definition) is 0. The van der Waals surface area contributed by atoms with Gasteiger partial charge >= 0.3 is 0 Å². The molecule has 37 heavy (non-hydrogen) atoms. The van der Waals surface area contributed by atoms with Gasteiger partial charge in [-0.25, -0.2) is 0 Å². The highest BCUT2D eigenvalue weighted by Gasteiger charge is 2.54. The van der Waals surface area contributed by atoms with Gasteiger partial charge in [0.2, 0.25) is 0 Å². The second-order valence-electron chi connectivity index (χ2n) is 10.7. The Bertz CT molecular complexity index is 1290. The summed E-state index contributed by atoms with van der Waals surface area (Å²) < 4.78 is 7.26. The van der Waals surface area contributed by atoms with Crippen LogP contribution in [0.4, 0.5) is 0 Å². The van der Waals surface area contributed by atoms with E-state index in [0.717, 1.165) is 10.4 Å². The average molecular weight is 511 g/mol. The van der Waals surface area contributed by atoms with Crippen molar-refractivity contribution in [1.82, 2.24) is 4.90 Å². The van der Waals surface area contributed by atoms with Crippen molar-refractivity contribution in [2.24, 2.45) is 5.11 Å². The van der Waals surface area contributed by atoms with Crippen molar-refractivity contribution >= 4 is 30.5 Å². The Balaban J connectivity index is 1.56. The number of hydrogen-bond acceptors (Lipinski definition) is 4. The highest BCUT2D eigenvalue weighted by atomic mass is 28.4. The SMILES string of the molecule is CC(C)(C)[Si](O[C@H]1C[C@H](N2C(=O)c3ccccc3C2=O)C[C@@H]1N=[N+]=[N-])(c1ccccc1)c1ccccc1. The van der Waals surface area contributed by atoms with Crippen LogP contribution in [-0.2, 0) is 4.43 Å². The topological polar surface area (TPSA) is 95.4 Å². The summed E-state index contributed by atoms with van der Waals surface area (Å²) in [5.41, 5.74) is 10.2. The summed E-state index contributed by atoms with van der Waals surface area (Å²) in [7, 11) is -2.92. The van der Waals surface area contributed by atoms with E-state index in [4.69, 9.17) is 4.43 Å². The molecule has 8 heteroatoms. The maximum atomic E-state index is 13.2. The molecule has 1 saturated carbocycles.